The van der Waals surface area contributed by atoms with E-state index >= 15 is 0 Å². The van der Waals surface area contributed by atoms with E-state index in [4.69, 9.17) is 4.42 Å². The topological polar surface area (TPSA) is 26.0 Å². The molecule has 0 saturated heterocycles. The lowest BCUT2D eigenvalue weighted by Gasteiger charge is -1.71. The van der Waals surface area contributed by atoms with Gasteiger partial charge in [-0.25, -0.2) is 4.98 Å². The van der Waals surface area contributed by atoms with Gasteiger partial charge < -0.3 is 4.42 Å². The Labute approximate surface area is 63.4 Å². The Morgan fingerprint density at radius 3 is 2.22 bits per heavy atom. The first-order valence-corrected chi connectivity index (χ1v) is 3.66. The Hall–Kier alpha value is -0.310. The highest BCUT2D eigenvalue weighted by atomic mass is 79.9. The van der Waals surface area contributed by atoms with E-state index in [0.29, 0.717) is 10.6 Å². The lowest BCUT2D eigenvalue weighted by molar-refractivity contribution is 0.499. The molecule has 0 fully saturated rings. The fourth-order valence-corrected chi connectivity index (χ4v) is 0.672. The molecule has 0 radical (unpaired) electrons. The first kappa shape index (κ1) is 8.69. The number of hydrogen-bond donors (Lipinski definition) is 0. The van der Waals surface area contributed by atoms with Crippen molar-refractivity contribution in [3.05, 3.63) is 16.8 Å². The van der Waals surface area contributed by atoms with Crippen LogP contribution in [0.15, 0.2) is 15.3 Å². The van der Waals surface area contributed by atoms with Gasteiger partial charge in [-0.3, -0.25) is 0 Å². The normalized spacial score (nSPS) is 8.00. The minimum atomic E-state index is 0.685. The van der Waals surface area contributed by atoms with Crippen molar-refractivity contribution in [2.75, 3.05) is 0 Å². The fourth-order valence-electron chi connectivity index (χ4n) is 0.335. The number of rotatable bonds is 0. The van der Waals surface area contributed by atoms with Crippen molar-refractivity contribution in [2.45, 2.75) is 20.8 Å². The molecule has 1 aromatic rings. The predicted octanol–water partition coefficient (Wildman–Crippen LogP) is 2.77. The Morgan fingerprint density at radius 1 is 1.56 bits per heavy atom. The van der Waals surface area contributed by atoms with Crippen molar-refractivity contribution in [3.8, 4) is 0 Å². The van der Waals surface area contributed by atoms with Gasteiger partial charge >= 0.3 is 0 Å². The van der Waals surface area contributed by atoms with Crippen LogP contribution in [0, 0.1) is 6.92 Å². The van der Waals surface area contributed by atoms with E-state index in [2.05, 4.69) is 20.9 Å². The average Bonchev–Trinajstić information content (AvgIpc) is 2.20. The molecule has 0 aliphatic heterocycles. The lowest BCUT2D eigenvalue weighted by atomic mass is 10.8. The molecule has 3 heteroatoms. The van der Waals surface area contributed by atoms with Crippen LogP contribution in [0.2, 0.25) is 0 Å². The zero-order chi connectivity index (χ0) is 7.28. The number of aryl methyl sites for hydroxylation is 1. The molecule has 1 rings (SSSR count). The summed E-state index contributed by atoms with van der Waals surface area (Å²) in [5, 5.41) is 0. The van der Waals surface area contributed by atoms with E-state index in [1.165, 1.54) is 0 Å². The van der Waals surface area contributed by atoms with Crippen molar-refractivity contribution in [3.63, 3.8) is 0 Å². The van der Waals surface area contributed by atoms with Crippen LogP contribution in [0.4, 0.5) is 0 Å². The van der Waals surface area contributed by atoms with Crippen molar-refractivity contribution in [1.29, 1.82) is 0 Å². The van der Waals surface area contributed by atoms with Gasteiger partial charge in [0.15, 0.2) is 10.6 Å². The highest BCUT2D eigenvalue weighted by molar-refractivity contribution is 9.10. The van der Waals surface area contributed by atoms with Gasteiger partial charge in [0.2, 0.25) is 0 Å². The molecular formula is C6H10BrNO. The molecule has 1 heterocycles. The molecule has 1 aromatic heterocycles. The van der Waals surface area contributed by atoms with Crippen LogP contribution in [0.3, 0.4) is 0 Å². The van der Waals surface area contributed by atoms with Gasteiger partial charge in [0, 0.05) is 6.92 Å². The summed E-state index contributed by atoms with van der Waals surface area (Å²) in [5.41, 5.74) is 0. The van der Waals surface area contributed by atoms with Gasteiger partial charge in [-0.15, -0.1) is 0 Å². The summed E-state index contributed by atoms with van der Waals surface area (Å²) in [7, 11) is 0. The second kappa shape index (κ2) is 4.56. The Morgan fingerprint density at radius 2 is 2.11 bits per heavy atom. The summed E-state index contributed by atoms with van der Waals surface area (Å²) < 4.78 is 5.57. The van der Waals surface area contributed by atoms with Crippen molar-refractivity contribution < 1.29 is 4.42 Å². The fraction of sp³-hybridized carbons (Fsp3) is 0.500. The summed E-state index contributed by atoms with van der Waals surface area (Å²) in [6, 6.07) is 0. The van der Waals surface area contributed by atoms with Crippen LogP contribution in [0.5, 0.6) is 0 Å². The third kappa shape index (κ3) is 3.30. The smallest absolute Gasteiger partial charge is 0.192 e. The quantitative estimate of drug-likeness (QED) is 0.631. The second-order valence-corrected chi connectivity index (χ2v) is 1.96. The third-order valence-electron chi connectivity index (χ3n) is 0.593. The van der Waals surface area contributed by atoms with Crippen LogP contribution < -0.4 is 0 Å². The first-order chi connectivity index (χ1) is 4.29. The Balaban J connectivity index is 0.000000291. The summed E-state index contributed by atoms with van der Waals surface area (Å²) in [5.74, 6) is 0.687. The summed E-state index contributed by atoms with van der Waals surface area (Å²) in [4.78, 5) is 3.80. The largest absolute Gasteiger partial charge is 0.434 e. The molecule has 0 spiro atoms. The van der Waals surface area contributed by atoms with E-state index in [-0.39, 0.29) is 0 Å². The zero-order valence-electron chi connectivity index (χ0n) is 5.81. The van der Waals surface area contributed by atoms with Crippen molar-refractivity contribution >= 4 is 15.9 Å². The SMILES string of the molecule is CC.Cc1ncc(Br)o1. The molecule has 0 N–H and O–H groups in total. The highest BCUT2D eigenvalue weighted by Gasteiger charge is 1.89. The molecule has 0 atom stereocenters. The molecular weight excluding hydrogens is 182 g/mol. The molecule has 0 aliphatic carbocycles. The molecule has 9 heavy (non-hydrogen) atoms. The van der Waals surface area contributed by atoms with Crippen molar-refractivity contribution in [2.24, 2.45) is 0 Å². The molecule has 0 saturated carbocycles. The molecule has 52 valence electrons. The Kier molecular flexibility index (Phi) is 4.40. The predicted molar refractivity (Wildman–Crippen MR) is 40.3 cm³/mol. The highest BCUT2D eigenvalue weighted by Crippen LogP contribution is 2.08. The summed E-state index contributed by atoms with van der Waals surface area (Å²) in [6.45, 7) is 5.80. The number of nitrogens with zero attached hydrogens (tertiary/aromatic N) is 1. The van der Waals surface area contributed by atoms with Gasteiger partial charge in [0.25, 0.3) is 0 Å². The van der Waals surface area contributed by atoms with Crippen LogP contribution in [-0.2, 0) is 0 Å². The van der Waals surface area contributed by atoms with Crippen LogP contribution in [0.1, 0.15) is 19.7 Å². The van der Waals surface area contributed by atoms with Crippen LogP contribution >= 0.6 is 15.9 Å². The van der Waals surface area contributed by atoms with Crippen LogP contribution in [-0.4, -0.2) is 4.98 Å². The maximum Gasteiger partial charge on any atom is 0.192 e. The van der Waals surface area contributed by atoms with E-state index in [9.17, 15) is 0 Å². The maximum absolute atomic E-state index is 4.89. The molecule has 0 unspecified atom stereocenters. The number of hydrogen-bond acceptors (Lipinski definition) is 2. The molecule has 2 nitrogen and oxygen atoms in total. The minimum absolute atomic E-state index is 0.685. The van der Waals surface area contributed by atoms with Gasteiger partial charge in [-0.1, -0.05) is 13.8 Å². The van der Waals surface area contributed by atoms with E-state index in [0.717, 1.165) is 0 Å². The third-order valence-corrected chi connectivity index (χ3v) is 0.960. The molecule has 0 aliphatic rings. The van der Waals surface area contributed by atoms with E-state index < -0.39 is 0 Å². The number of oxazole rings is 1. The standard InChI is InChI=1S/C4H4BrNO.C2H6/c1-3-6-2-4(5)7-3;1-2/h2H,1H3;1-2H3. The van der Waals surface area contributed by atoms with E-state index in [1.807, 2.05) is 13.8 Å². The molecule has 0 aromatic carbocycles. The average molecular weight is 192 g/mol. The molecule has 0 amide bonds. The van der Waals surface area contributed by atoms with Gasteiger partial charge in [-0.05, 0) is 15.9 Å². The van der Waals surface area contributed by atoms with Crippen molar-refractivity contribution in [1.82, 2.24) is 4.98 Å². The minimum Gasteiger partial charge on any atom is -0.434 e. The van der Waals surface area contributed by atoms with Gasteiger partial charge in [0.05, 0.1) is 6.20 Å². The Bertz CT molecular complexity index is 145. The monoisotopic (exact) mass is 191 g/mol. The number of halogens is 1. The summed E-state index contributed by atoms with van der Waals surface area (Å²) >= 11 is 3.10. The maximum atomic E-state index is 4.89. The lowest BCUT2D eigenvalue weighted by Crippen LogP contribution is -1.59. The van der Waals surface area contributed by atoms with Gasteiger partial charge in [0.1, 0.15) is 0 Å². The summed E-state index contributed by atoms with van der Waals surface area (Å²) in [6.07, 6.45) is 1.62. The van der Waals surface area contributed by atoms with Gasteiger partial charge in [-0.2, -0.15) is 0 Å². The second-order valence-electron chi connectivity index (χ2n) is 1.18. The zero-order valence-corrected chi connectivity index (χ0v) is 7.40. The molecule has 0 bridgehead atoms. The first-order valence-electron chi connectivity index (χ1n) is 2.87. The number of aromatic nitrogens is 1. The van der Waals surface area contributed by atoms with Crippen LogP contribution in [0.25, 0.3) is 0 Å². The van der Waals surface area contributed by atoms with E-state index in [1.54, 1.807) is 13.1 Å².